The predicted molar refractivity (Wildman–Crippen MR) is 51.7 cm³/mol. The Morgan fingerprint density at radius 1 is 1.31 bits per heavy atom. The molecule has 3 heteroatoms. The van der Waals surface area contributed by atoms with Crippen LogP contribution in [0.3, 0.4) is 0 Å². The van der Waals surface area contributed by atoms with Crippen LogP contribution in [0.1, 0.15) is 32.6 Å². The Kier molecular flexibility index (Phi) is 6.15. The maximum absolute atomic E-state index is 5.54. The van der Waals surface area contributed by atoms with Gasteiger partial charge < -0.3 is 9.47 Å². The molecule has 1 rings (SSSR count). The molecule has 1 unspecified atom stereocenters. The zero-order valence-electron chi connectivity index (χ0n) is 8.50. The van der Waals surface area contributed by atoms with E-state index in [0.717, 1.165) is 45.6 Å². The van der Waals surface area contributed by atoms with Crippen LogP contribution in [-0.4, -0.2) is 32.6 Å². The average Bonchev–Trinajstić information content (AvgIpc) is 2.63. The van der Waals surface area contributed by atoms with E-state index in [1.54, 1.807) is 0 Å². The SMILES string of the molecule is CCCOCCCOC1CCC[N]1. The largest absolute Gasteiger partial charge is 0.381 e. The van der Waals surface area contributed by atoms with E-state index >= 15 is 0 Å². The van der Waals surface area contributed by atoms with Crippen LogP contribution in [0.4, 0.5) is 0 Å². The fourth-order valence-corrected chi connectivity index (χ4v) is 1.36. The molecule has 0 aromatic carbocycles. The van der Waals surface area contributed by atoms with Crippen molar-refractivity contribution < 1.29 is 9.47 Å². The van der Waals surface area contributed by atoms with Gasteiger partial charge in [-0.15, -0.1) is 0 Å². The van der Waals surface area contributed by atoms with Crippen LogP contribution >= 0.6 is 0 Å². The van der Waals surface area contributed by atoms with Gasteiger partial charge in [0.1, 0.15) is 6.23 Å². The van der Waals surface area contributed by atoms with E-state index in [0.29, 0.717) is 0 Å². The number of rotatable bonds is 7. The molecule has 1 heterocycles. The fraction of sp³-hybridized carbons (Fsp3) is 1.00. The Balaban J connectivity index is 1.78. The predicted octanol–water partition coefficient (Wildman–Crippen LogP) is 1.54. The standard InChI is InChI=1S/C10H20NO2/c1-2-7-12-8-4-9-13-10-5-3-6-11-10/h10H,2-9H2,1H3. The average molecular weight is 186 g/mol. The number of ether oxygens (including phenoxy) is 2. The molecular formula is C10H20NO2. The molecule has 0 aromatic heterocycles. The molecule has 0 saturated carbocycles. The third-order valence-corrected chi connectivity index (χ3v) is 2.03. The lowest BCUT2D eigenvalue weighted by Gasteiger charge is -2.09. The molecule has 0 bridgehead atoms. The summed E-state index contributed by atoms with van der Waals surface area (Å²) in [7, 11) is 0. The molecule has 1 aliphatic rings. The molecule has 0 spiro atoms. The van der Waals surface area contributed by atoms with Crippen LogP contribution in [-0.2, 0) is 9.47 Å². The lowest BCUT2D eigenvalue weighted by Crippen LogP contribution is -2.19. The zero-order valence-corrected chi connectivity index (χ0v) is 8.50. The van der Waals surface area contributed by atoms with E-state index in [-0.39, 0.29) is 6.23 Å². The molecule has 0 amide bonds. The minimum Gasteiger partial charge on any atom is -0.381 e. The lowest BCUT2D eigenvalue weighted by atomic mass is 10.4. The van der Waals surface area contributed by atoms with Gasteiger partial charge in [-0.3, -0.25) is 0 Å². The van der Waals surface area contributed by atoms with E-state index in [9.17, 15) is 0 Å². The van der Waals surface area contributed by atoms with Gasteiger partial charge in [-0.25, -0.2) is 5.32 Å². The molecule has 13 heavy (non-hydrogen) atoms. The van der Waals surface area contributed by atoms with Crippen molar-refractivity contribution in [2.75, 3.05) is 26.4 Å². The second kappa shape index (κ2) is 7.30. The van der Waals surface area contributed by atoms with Crippen LogP contribution in [0.15, 0.2) is 0 Å². The van der Waals surface area contributed by atoms with Crippen LogP contribution in [0.2, 0.25) is 0 Å². The van der Waals surface area contributed by atoms with Crippen molar-refractivity contribution in [3.05, 3.63) is 0 Å². The van der Waals surface area contributed by atoms with Gasteiger partial charge in [0.25, 0.3) is 0 Å². The summed E-state index contributed by atoms with van der Waals surface area (Å²) in [6, 6.07) is 0. The molecule has 1 aliphatic heterocycles. The third kappa shape index (κ3) is 5.24. The first-order valence-corrected chi connectivity index (χ1v) is 5.29. The second-order valence-electron chi connectivity index (χ2n) is 3.34. The summed E-state index contributed by atoms with van der Waals surface area (Å²) in [4.78, 5) is 0. The van der Waals surface area contributed by atoms with Crippen molar-refractivity contribution in [2.45, 2.75) is 38.8 Å². The van der Waals surface area contributed by atoms with Crippen molar-refractivity contribution in [3.63, 3.8) is 0 Å². The summed E-state index contributed by atoms with van der Waals surface area (Å²) in [6.45, 7) is 5.58. The van der Waals surface area contributed by atoms with Crippen LogP contribution in [0.5, 0.6) is 0 Å². The molecule has 1 fully saturated rings. The fourth-order valence-electron chi connectivity index (χ4n) is 1.36. The van der Waals surface area contributed by atoms with Gasteiger partial charge in [0.05, 0.1) is 6.61 Å². The summed E-state index contributed by atoms with van der Waals surface area (Å²) in [6.07, 6.45) is 4.57. The van der Waals surface area contributed by atoms with Crippen LogP contribution in [0.25, 0.3) is 0 Å². The Morgan fingerprint density at radius 3 is 2.92 bits per heavy atom. The summed E-state index contributed by atoms with van der Waals surface area (Å²) in [5.74, 6) is 0. The Morgan fingerprint density at radius 2 is 2.23 bits per heavy atom. The summed E-state index contributed by atoms with van der Waals surface area (Å²) < 4.78 is 10.9. The molecule has 0 aliphatic carbocycles. The second-order valence-corrected chi connectivity index (χ2v) is 3.34. The number of hydrogen-bond donors (Lipinski definition) is 0. The number of nitrogens with zero attached hydrogens (tertiary/aromatic N) is 1. The smallest absolute Gasteiger partial charge is 0.123 e. The Bertz CT molecular complexity index is 113. The minimum atomic E-state index is 0.186. The summed E-state index contributed by atoms with van der Waals surface area (Å²) in [5.41, 5.74) is 0. The van der Waals surface area contributed by atoms with Gasteiger partial charge in [-0.2, -0.15) is 0 Å². The van der Waals surface area contributed by atoms with Crippen molar-refractivity contribution in [1.82, 2.24) is 5.32 Å². The van der Waals surface area contributed by atoms with Gasteiger partial charge >= 0.3 is 0 Å². The third-order valence-electron chi connectivity index (χ3n) is 2.03. The van der Waals surface area contributed by atoms with Gasteiger partial charge in [-0.05, 0) is 25.7 Å². The van der Waals surface area contributed by atoms with Gasteiger partial charge in [-0.1, -0.05) is 6.92 Å². The monoisotopic (exact) mass is 186 g/mol. The van der Waals surface area contributed by atoms with E-state index < -0.39 is 0 Å². The molecule has 1 atom stereocenters. The maximum atomic E-state index is 5.54. The minimum absolute atomic E-state index is 0.186. The van der Waals surface area contributed by atoms with E-state index in [4.69, 9.17) is 9.47 Å². The highest BCUT2D eigenvalue weighted by Crippen LogP contribution is 2.08. The topological polar surface area (TPSA) is 32.6 Å². The van der Waals surface area contributed by atoms with Crippen LogP contribution < -0.4 is 5.32 Å². The quantitative estimate of drug-likeness (QED) is 0.565. The van der Waals surface area contributed by atoms with E-state index in [1.807, 2.05) is 0 Å². The van der Waals surface area contributed by atoms with Crippen molar-refractivity contribution in [1.29, 1.82) is 0 Å². The lowest BCUT2D eigenvalue weighted by molar-refractivity contribution is 0.0239. The van der Waals surface area contributed by atoms with Gasteiger partial charge in [0.2, 0.25) is 0 Å². The normalized spacial score (nSPS) is 22.4. The number of hydrogen-bond acceptors (Lipinski definition) is 2. The first-order valence-electron chi connectivity index (χ1n) is 5.29. The molecule has 0 aromatic rings. The Labute approximate surface area is 80.8 Å². The van der Waals surface area contributed by atoms with Crippen molar-refractivity contribution in [2.24, 2.45) is 0 Å². The highest BCUT2D eigenvalue weighted by molar-refractivity contribution is 4.64. The van der Waals surface area contributed by atoms with E-state index in [1.165, 1.54) is 6.42 Å². The molecule has 3 nitrogen and oxygen atoms in total. The van der Waals surface area contributed by atoms with Crippen molar-refractivity contribution >= 4 is 0 Å². The Hall–Kier alpha value is -0.120. The molecule has 0 N–H and O–H groups in total. The molecular weight excluding hydrogens is 166 g/mol. The van der Waals surface area contributed by atoms with Crippen LogP contribution in [0, 0.1) is 0 Å². The maximum Gasteiger partial charge on any atom is 0.123 e. The molecule has 77 valence electrons. The van der Waals surface area contributed by atoms with Gasteiger partial charge in [0, 0.05) is 19.8 Å². The summed E-state index contributed by atoms with van der Waals surface area (Å²) in [5, 5.41) is 4.31. The molecule has 1 saturated heterocycles. The first kappa shape index (κ1) is 11.0. The highest BCUT2D eigenvalue weighted by Gasteiger charge is 2.14. The molecule has 1 radical (unpaired) electrons. The van der Waals surface area contributed by atoms with Crippen molar-refractivity contribution in [3.8, 4) is 0 Å². The summed E-state index contributed by atoms with van der Waals surface area (Å²) >= 11 is 0. The van der Waals surface area contributed by atoms with Gasteiger partial charge in [0.15, 0.2) is 0 Å². The highest BCUT2D eigenvalue weighted by atomic mass is 16.5. The first-order chi connectivity index (χ1) is 6.43. The van der Waals surface area contributed by atoms with E-state index in [2.05, 4.69) is 12.2 Å². The zero-order chi connectivity index (χ0) is 9.36.